The molecule has 0 saturated heterocycles. The third kappa shape index (κ3) is 3.10. The average molecular weight is 246 g/mol. The minimum Gasteiger partial charge on any atom is -0.475 e. The maximum Gasteiger partial charge on any atom is 0.371 e. The molecule has 0 amide bonds. The smallest absolute Gasteiger partial charge is 0.371 e. The van der Waals surface area contributed by atoms with Crippen LogP contribution in [0.25, 0.3) is 0 Å². The van der Waals surface area contributed by atoms with Gasteiger partial charge in [0.05, 0.1) is 5.75 Å². The van der Waals surface area contributed by atoms with Crippen LogP contribution in [0.4, 0.5) is 0 Å². The summed E-state index contributed by atoms with van der Waals surface area (Å²) < 4.78 is 28.1. The van der Waals surface area contributed by atoms with Crippen molar-refractivity contribution in [3.05, 3.63) is 17.9 Å². The molecule has 0 aliphatic rings. The van der Waals surface area contributed by atoms with Crippen LogP contribution in [0.1, 0.15) is 36.7 Å². The molecule has 1 rings (SSSR count). The van der Waals surface area contributed by atoms with Crippen LogP contribution in [-0.2, 0) is 9.84 Å². The molecule has 1 heterocycles. The number of carboxylic acids is 1. The molecule has 0 aliphatic heterocycles. The first-order valence-electron chi connectivity index (χ1n) is 5.03. The summed E-state index contributed by atoms with van der Waals surface area (Å²) in [7, 11) is -3.48. The third-order valence-electron chi connectivity index (χ3n) is 2.12. The summed E-state index contributed by atoms with van der Waals surface area (Å²) in [6.07, 6.45) is 2.31. The zero-order chi connectivity index (χ0) is 12.2. The summed E-state index contributed by atoms with van der Waals surface area (Å²) in [4.78, 5) is 10.5. The number of furan rings is 1. The largest absolute Gasteiger partial charge is 0.475 e. The topological polar surface area (TPSA) is 84.6 Å². The van der Waals surface area contributed by atoms with Gasteiger partial charge in [-0.15, -0.1) is 0 Å². The molecule has 0 spiro atoms. The summed E-state index contributed by atoms with van der Waals surface area (Å²) in [5.74, 6) is -1.63. The molecule has 0 bridgehead atoms. The van der Waals surface area contributed by atoms with E-state index in [1.54, 1.807) is 0 Å². The fourth-order valence-corrected chi connectivity index (χ4v) is 2.52. The SMILES string of the molecule is CCCCCS(=O)(=O)c1ccc(C(=O)O)o1. The Balaban J connectivity index is 2.78. The van der Waals surface area contributed by atoms with Gasteiger partial charge in [0, 0.05) is 0 Å². The van der Waals surface area contributed by atoms with Crippen LogP contribution in [0.2, 0.25) is 0 Å². The second kappa shape index (κ2) is 5.16. The maximum atomic E-state index is 11.7. The van der Waals surface area contributed by atoms with Crippen LogP contribution in [0.3, 0.4) is 0 Å². The van der Waals surface area contributed by atoms with Gasteiger partial charge in [-0.2, -0.15) is 0 Å². The zero-order valence-corrected chi connectivity index (χ0v) is 9.79. The summed E-state index contributed by atoms with van der Waals surface area (Å²) in [5, 5.41) is 8.33. The molecule has 0 radical (unpaired) electrons. The molecule has 16 heavy (non-hydrogen) atoms. The number of sulfone groups is 1. The van der Waals surface area contributed by atoms with E-state index in [2.05, 4.69) is 0 Å². The third-order valence-corrected chi connectivity index (χ3v) is 3.77. The lowest BCUT2D eigenvalue weighted by Crippen LogP contribution is -2.05. The van der Waals surface area contributed by atoms with Crippen molar-refractivity contribution in [1.29, 1.82) is 0 Å². The quantitative estimate of drug-likeness (QED) is 0.775. The highest BCUT2D eigenvalue weighted by molar-refractivity contribution is 7.91. The Hall–Kier alpha value is -1.30. The predicted octanol–water partition coefficient (Wildman–Crippen LogP) is 1.94. The van der Waals surface area contributed by atoms with Crippen molar-refractivity contribution in [2.45, 2.75) is 31.3 Å². The predicted molar refractivity (Wildman–Crippen MR) is 57.2 cm³/mol. The molecule has 0 saturated carbocycles. The van der Waals surface area contributed by atoms with Gasteiger partial charge in [0.2, 0.25) is 20.7 Å². The average Bonchev–Trinajstić information content (AvgIpc) is 2.67. The number of carboxylic acid groups (broad SMARTS) is 1. The van der Waals surface area contributed by atoms with Crippen molar-refractivity contribution in [3.8, 4) is 0 Å². The molecular formula is C10H14O5S. The van der Waals surface area contributed by atoms with E-state index in [1.165, 1.54) is 6.07 Å². The summed E-state index contributed by atoms with van der Waals surface area (Å²) in [6.45, 7) is 1.97. The fraction of sp³-hybridized carbons (Fsp3) is 0.500. The Labute approximate surface area is 94.0 Å². The fourth-order valence-electron chi connectivity index (χ4n) is 1.24. The van der Waals surface area contributed by atoms with Gasteiger partial charge in [-0.25, -0.2) is 13.2 Å². The van der Waals surface area contributed by atoms with Crippen LogP contribution in [-0.4, -0.2) is 25.2 Å². The molecular weight excluding hydrogens is 232 g/mol. The molecule has 0 atom stereocenters. The van der Waals surface area contributed by atoms with E-state index in [0.717, 1.165) is 18.9 Å². The summed E-state index contributed by atoms with van der Waals surface area (Å²) in [5.41, 5.74) is 0. The molecule has 0 aliphatic carbocycles. The van der Waals surface area contributed by atoms with E-state index in [-0.39, 0.29) is 16.6 Å². The number of rotatable bonds is 6. The van der Waals surface area contributed by atoms with Gasteiger partial charge in [0.25, 0.3) is 0 Å². The van der Waals surface area contributed by atoms with Crippen molar-refractivity contribution in [1.82, 2.24) is 0 Å². The Kier molecular flexibility index (Phi) is 4.12. The van der Waals surface area contributed by atoms with Crippen LogP contribution in [0, 0.1) is 0 Å². The number of hydrogen-bond acceptors (Lipinski definition) is 4. The van der Waals surface area contributed by atoms with Crippen molar-refractivity contribution < 1.29 is 22.7 Å². The minimum atomic E-state index is -3.48. The molecule has 1 aromatic heterocycles. The minimum absolute atomic E-state index is 0.00654. The summed E-state index contributed by atoms with van der Waals surface area (Å²) in [6, 6.07) is 2.33. The van der Waals surface area contributed by atoms with E-state index < -0.39 is 15.8 Å². The first-order valence-corrected chi connectivity index (χ1v) is 6.68. The van der Waals surface area contributed by atoms with Gasteiger partial charge in [0.1, 0.15) is 0 Å². The monoisotopic (exact) mass is 246 g/mol. The highest BCUT2D eigenvalue weighted by Gasteiger charge is 2.20. The molecule has 0 fully saturated rings. The molecule has 90 valence electrons. The lowest BCUT2D eigenvalue weighted by atomic mass is 10.3. The first kappa shape index (κ1) is 12.8. The highest BCUT2D eigenvalue weighted by atomic mass is 32.2. The highest BCUT2D eigenvalue weighted by Crippen LogP contribution is 2.16. The summed E-state index contributed by atoms with van der Waals surface area (Å²) >= 11 is 0. The first-order chi connectivity index (χ1) is 7.47. The second-order valence-electron chi connectivity index (χ2n) is 3.45. The number of unbranched alkanes of at least 4 members (excludes halogenated alkanes) is 2. The van der Waals surface area contributed by atoms with Gasteiger partial charge in [0.15, 0.2) is 0 Å². The van der Waals surface area contributed by atoms with Gasteiger partial charge in [-0.1, -0.05) is 19.8 Å². The van der Waals surface area contributed by atoms with Crippen LogP contribution in [0.5, 0.6) is 0 Å². The zero-order valence-electron chi connectivity index (χ0n) is 8.97. The van der Waals surface area contributed by atoms with Crippen molar-refractivity contribution >= 4 is 15.8 Å². The van der Waals surface area contributed by atoms with Gasteiger partial charge < -0.3 is 9.52 Å². The lowest BCUT2D eigenvalue weighted by Gasteiger charge is -1.99. The molecule has 0 unspecified atom stereocenters. The van der Waals surface area contributed by atoms with Gasteiger partial charge in [-0.05, 0) is 18.6 Å². The van der Waals surface area contributed by atoms with Crippen molar-refractivity contribution in [2.24, 2.45) is 0 Å². The second-order valence-corrected chi connectivity index (χ2v) is 5.49. The number of carbonyl (C=O) groups is 1. The molecule has 6 heteroatoms. The maximum absolute atomic E-state index is 11.7. The number of hydrogen-bond donors (Lipinski definition) is 1. The lowest BCUT2D eigenvalue weighted by molar-refractivity contribution is 0.0656. The number of aromatic carboxylic acids is 1. The van der Waals surface area contributed by atoms with Crippen LogP contribution in [0.15, 0.2) is 21.6 Å². The van der Waals surface area contributed by atoms with Gasteiger partial charge in [-0.3, -0.25) is 0 Å². The normalized spacial score (nSPS) is 11.6. The standard InChI is InChI=1S/C10H14O5S/c1-2-3-4-7-16(13,14)9-6-5-8(15-9)10(11)12/h5-6H,2-4,7H2,1H3,(H,11,12). The van der Waals surface area contributed by atoms with Crippen molar-refractivity contribution in [2.75, 3.05) is 5.75 Å². The molecule has 1 aromatic rings. The van der Waals surface area contributed by atoms with E-state index in [1.807, 2.05) is 6.92 Å². The van der Waals surface area contributed by atoms with Crippen LogP contribution >= 0.6 is 0 Å². The Morgan fingerprint density at radius 1 is 1.38 bits per heavy atom. The van der Waals surface area contributed by atoms with E-state index in [9.17, 15) is 13.2 Å². The molecule has 0 aromatic carbocycles. The molecule has 5 nitrogen and oxygen atoms in total. The van der Waals surface area contributed by atoms with Gasteiger partial charge >= 0.3 is 5.97 Å². The van der Waals surface area contributed by atoms with Crippen LogP contribution < -0.4 is 0 Å². The van der Waals surface area contributed by atoms with E-state index >= 15 is 0 Å². The Morgan fingerprint density at radius 2 is 2.06 bits per heavy atom. The Bertz CT molecular complexity index is 457. The van der Waals surface area contributed by atoms with E-state index in [4.69, 9.17) is 9.52 Å². The van der Waals surface area contributed by atoms with Crippen molar-refractivity contribution in [3.63, 3.8) is 0 Å². The molecule has 1 N–H and O–H groups in total. The Morgan fingerprint density at radius 3 is 2.56 bits per heavy atom. The van der Waals surface area contributed by atoms with E-state index in [0.29, 0.717) is 6.42 Å².